The number of hydrogen-bond donors (Lipinski definition) is 2. The molecular formula is C17H24N2O5. The maximum Gasteiger partial charge on any atom is 0.338 e. The standard InChI is InChI=1S/C17H24N2O5/c1-3-12-14(16(21)23-4-2)13(19-17(22)18-12)10-24-15(20)11-8-6-5-7-9-11/h5-6,11-12H,3-4,7-10H2,1-2H3,(H2,18,19,22)/t11-,12+/m0/s1. The lowest BCUT2D eigenvalue weighted by Gasteiger charge is -2.28. The molecule has 0 bridgehead atoms. The van der Waals surface area contributed by atoms with Crippen LogP contribution in [0.15, 0.2) is 23.4 Å². The lowest BCUT2D eigenvalue weighted by Crippen LogP contribution is -2.51. The van der Waals surface area contributed by atoms with E-state index in [0.717, 1.165) is 12.8 Å². The van der Waals surface area contributed by atoms with Gasteiger partial charge in [-0.3, -0.25) is 4.79 Å². The van der Waals surface area contributed by atoms with Crippen LogP contribution in [0.1, 0.15) is 39.5 Å². The molecule has 0 saturated heterocycles. The molecule has 0 unspecified atom stereocenters. The van der Waals surface area contributed by atoms with Gasteiger partial charge < -0.3 is 20.1 Å². The van der Waals surface area contributed by atoms with Gasteiger partial charge in [-0.1, -0.05) is 19.1 Å². The minimum atomic E-state index is -0.511. The monoisotopic (exact) mass is 336 g/mol. The van der Waals surface area contributed by atoms with Crippen molar-refractivity contribution >= 4 is 18.0 Å². The molecule has 0 aromatic heterocycles. The van der Waals surface area contributed by atoms with Gasteiger partial charge in [0, 0.05) is 0 Å². The number of urea groups is 1. The molecule has 2 rings (SSSR count). The molecule has 0 spiro atoms. The first-order valence-corrected chi connectivity index (χ1v) is 8.36. The number of amides is 2. The molecule has 1 heterocycles. The fraction of sp³-hybridized carbons (Fsp3) is 0.588. The summed E-state index contributed by atoms with van der Waals surface area (Å²) in [6.45, 7) is 3.66. The Hall–Kier alpha value is -2.31. The molecule has 0 aromatic carbocycles. The summed E-state index contributed by atoms with van der Waals surface area (Å²) in [6, 6.07) is -0.870. The van der Waals surface area contributed by atoms with Gasteiger partial charge >= 0.3 is 18.0 Å². The number of esters is 2. The Morgan fingerprint density at radius 2 is 2.04 bits per heavy atom. The zero-order valence-corrected chi connectivity index (χ0v) is 14.1. The van der Waals surface area contributed by atoms with Crippen molar-refractivity contribution in [2.24, 2.45) is 5.92 Å². The van der Waals surface area contributed by atoms with Crippen molar-refractivity contribution in [2.75, 3.05) is 13.2 Å². The van der Waals surface area contributed by atoms with E-state index in [1.807, 2.05) is 19.1 Å². The molecule has 24 heavy (non-hydrogen) atoms. The molecule has 2 N–H and O–H groups in total. The number of nitrogens with one attached hydrogen (secondary N) is 2. The highest BCUT2D eigenvalue weighted by atomic mass is 16.5. The van der Waals surface area contributed by atoms with E-state index in [4.69, 9.17) is 9.47 Å². The van der Waals surface area contributed by atoms with E-state index < -0.39 is 18.0 Å². The fourth-order valence-corrected chi connectivity index (χ4v) is 2.84. The summed E-state index contributed by atoms with van der Waals surface area (Å²) in [5.41, 5.74) is 0.610. The molecular weight excluding hydrogens is 312 g/mol. The number of ether oxygens (including phenoxy) is 2. The third kappa shape index (κ3) is 4.37. The topological polar surface area (TPSA) is 93.7 Å². The van der Waals surface area contributed by atoms with Crippen molar-refractivity contribution in [3.8, 4) is 0 Å². The summed E-state index contributed by atoms with van der Waals surface area (Å²) in [5, 5.41) is 5.24. The third-order valence-electron chi connectivity index (χ3n) is 4.11. The molecule has 0 aromatic rings. The van der Waals surface area contributed by atoms with Crippen molar-refractivity contribution in [2.45, 2.75) is 45.6 Å². The van der Waals surface area contributed by atoms with Crippen LogP contribution < -0.4 is 10.6 Å². The maximum absolute atomic E-state index is 12.2. The van der Waals surface area contributed by atoms with Crippen LogP contribution in [-0.2, 0) is 19.1 Å². The van der Waals surface area contributed by atoms with Gasteiger partial charge in [-0.25, -0.2) is 9.59 Å². The molecule has 2 atom stereocenters. The first kappa shape index (κ1) is 18.0. The minimum absolute atomic E-state index is 0.142. The van der Waals surface area contributed by atoms with Gasteiger partial charge in [0.1, 0.15) is 6.61 Å². The smallest absolute Gasteiger partial charge is 0.338 e. The third-order valence-corrected chi connectivity index (χ3v) is 4.11. The second-order valence-corrected chi connectivity index (χ2v) is 5.76. The number of carbonyl (C=O) groups is 3. The van der Waals surface area contributed by atoms with Crippen LogP contribution in [-0.4, -0.2) is 37.2 Å². The van der Waals surface area contributed by atoms with Gasteiger partial charge in [-0.2, -0.15) is 0 Å². The predicted molar refractivity (Wildman–Crippen MR) is 86.8 cm³/mol. The van der Waals surface area contributed by atoms with E-state index in [-0.39, 0.29) is 25.1 Å². The molecule has 1 aliphatic heterocycles. The summed E-state index contributed by atoms with van der Waals surface area (Å²) < 4.78 is 10.4. The van der Waals surface area contributed by atoms with E-state index >= 15 is 0 Å². The van der Waals surface area contributed by atoms with Crippen LogP contribution in [0.5, 0.6) is 0 Å². The zero-order chi connectivity index (χ0) is 17.5. The molecule has 2 amide bonds. The van der Waals surface area contributed by atoms with Gasteiger partial charge in [0.05, 0.1) is 29.8 Å². The number of allylic oxidation sites excluding steroid dienone is 2. The summed E-state index contributed by atoms with van der Waals surface area (Å²) in [4.78, 5) is 36.1. The number of carbonyl (C=O) groups excluding carboxylic acids is 3. The average Bonchev–Trinajstić information content (AvgIpc) is 2.59. The van der Waals surface area contributed by atoms with Crippen LogP contribution in [0.4, 0.5) is 4.79 Å². The first-order chi connectivity index (χ1) is 11.6. The average molecular weight is 336 g/mol. The van der Waals surface area contributed by atoms with Crippen molar-refractivity contribution in [3.63, 3.8) is 0 Å². The minimum Gasteiger partial charge on any atom is -0.463 e. The van der Waals surface area contributed by atoms with Gasteiger partial charge in [0.25, 0.3) is 0 Å². The lowest BCUT2D eigenvalue weighted by atomic mass is 9.95. The van der Waals surface area contributed by atoms with E-state index in [9.17, 15) is 14.4 Å². The van der Waals surface area contributed by atoms with Crippen LogP contribution in [0, 0.1) is 5.92 Å². The van der Waals surface area contributed by atoms with Crippen LogP contribution in [0.25, 0.3) is 0 Å². The Kier molecular flexibility index (Phi) is 6.40. The normalized spacial score (nSPS) is 23.3. The Bertz CT molecular complexity index is 567. The second kappa shape index (κ2) is 8.52. The van der Waals surface area contributed by atoms with Gasteiger partial charge in [0.15, 0.2) is 0 Å². The molecule has 0 saturated carbocycles. The van der Waals surface area contributed by atoms with Gasteiger partial charge in [-0.15, -0.1) is 0 Å². The predicted octanol–water partition coefficient (Wildman–Crippen LogP) is 1.79. The Balaban J connectivity index is 2.11. The fourth-order valence-electron chi connectivity index (χ4n) is 2.84. The molecule has 132 valence electrons. The number of rotatable bonds is 6. The van der Waals surface area contributed by atoms with E-state index in [0.29, 0.717) is 24.1 Å². The summed E-state index contributed by atoms with van der Waals surface area (Å²) in [5.74, 6) is -0.986. The van der Waals surface area contributed by atoms with Crippen molar-refractivity contribution < 1.29 is 23.9 Å². The summed E-state index contributed by atoms with van der Waals surface area (Å²) in [7, 11) is 0. The summed E-state index contributed by atoms with van der Waals surface area (Å²) >= 11 is 0. The molecule has 0 fully saturated rings. The maximum atomic E-state index is 12.2. The Labute approximate surface area is 141 Å². The number of hydrogen-bond acceptors (Lipinski definition) is 5. The summed E-state index contributed by atoms with van der Waals surface area (Å²) in [6.07, 6.45) is 6.82. The molecule has 2 aliphatic rings. The highest BCUT2D eigenvalue weighted by molar-refractivity contribution is 5.94. The van der Waals surface area contributed by atoms with E-state index in [1.165, 1.54) is 0 Å². The Morgan fingerprint density at radius 3 is 2.67 bits per heavy atom. The molecule has 1 aliphatic carbocycles. The molecule has 7 heteroatoms. The van der Waals surface area contributed by atoms with Gasteiger partial charge in [-0.05, 0) is 32.6 Å². The lowest BCUT2D eigenvalue weighted by molar-refractivity contribution is -0.148. The van der Waals surface area contributed by atoms with E-state index in [1.54, 1.807) is 6.92 Å². The Morgan fingerprint density at radius 1 is 1.25 bits per heavy atom. The zero-order valence-electron chi connectivity index (χ0n) is 14.1. The quantitative estimate of drug-likeness (QED) is 0.570. The van der Waals surface area contributed by atoms with Crippen LogP contribution in [0.2, 0.25) is 0 Å². The van der Waals surface area contributed by atoms with Crippen molar-refractivity contribution in [1.82, 2.24) is 10.6 Å². The highest BCUT2D eigenvalue weighted by Crippen LogP contribution is 2.21. The largest absolute Gasteiger partial charge is 0.463 e. The first-order valence-electron chi connectivity index (χ1n) is 8.36. The van der Waals surface area contributed by atoms with Crippen molar-refractivity contribution in [3.05, 3.63) is 23.4 Å². The van der Waals surface area contributed by atoms with Gasteiger partial charge in [0.2, 0.25) is 0 Å². The van der Waals surface area contributed by atoms with E-state index in [2.05, 4.69) is 10.6 Å². The van der Waals surface area contributed by atoms with Crippen molar-refractivity contribution in [1.29, 1.82) is 0 Å². The highest BCUT2D eigenvalue weighted by Gasteiger charge is 2.32. The van der Waals surface area contributed by atoms with Crippen LogP contribution >= 0.6 is 0 Å². The second-order valence-electron chi connectivity index (χ2n) is 5.76. The molecule has 7 nitrogen and oxygen atoms in total. The SMILES string of the molecule is CCOC(=O)C1=C(COC(=O)[C@H]2CC=CCC2)NC(=O)N[C@@H]1CC. The molecule has 0 radical (unpaired) electrons. The van der Waals surface area contributed by atoms with Crippen LogP contribution in [0.3, 0.4) is 0 Å².